The van der Waals surface area contributed by atoms with Crippen LogP contribution in [0.3, 0.4) is 0 Å². The fraction of sp³-hybridized carbons (Fsp3) is 0.500. The van der Waals surface area contributed by atoms with E-state index in [-0.39, 0.29) is 17.8 Å². The number of hydrogen-bond donors (Lipinski definition) is 0. The highest BCUT2D eigenvalue weighted by atomic mass is 32.2. The Labute approximate surface area is 173 Å². The van der Waals surface area contributed by atoms with Crippen LogP contribution in [0, 0.1) is 5.92 Å². The van der Waals surface area contributed by atoms with E-state index in [0.717, 1.165) is 31.6 Å². The van der Waals surface area contributed by atoms with Crippen molar-refractivity contribution in [3.63, 3.8) is 0 Å². The fourth-order valence-electron chi connectivity index (χ4n) is 4.78. The van der Waals surface area contributed by atoms with E-state index in [2.05, 4.69) is 18.7 Å². The van der Waals surface area contributed by atoms with E-state index in [1.54, 1.807) is 12.1 Å². The molecule has 2 aromatic rings. The Balaban J connectivity index is 1.45. The van der Waals surface area contributed by atoms with Crippen LogP contribution in [0.25, 0.3) is 0 Å². The van der Waals surface area contributed by atoms with Gasteiger partial charge in [-0.1, -0.05) is 50.2 Å². The number of fused-ring (bicyclic) bond motifs is 1. The van der Waals surface area contributed by atoms with E-state index in [4.69, 9.17) is 0 Å². The maximum atomic E-state index is 12.9. The van der Waals surface area contributed by atoms with E-state index < -0.39 is 9.84 Å². The Morgan fingerprint density at radius 2 is 1.79 bits per heavy atom. The third kappa shape index (κ3) is 4.13. The van der Waals surface area contributed by atoms with Crippen LogP contribution in [-0.4, -0.2) is 39.6 Å². The molecule has 0 unspecified atom stereocenters. The number of piperidine rings is 1. The predicted octanol–water partition coefficient (Wildman–Crippen LogP) is 4.72. The molecule has 0 N–H and O–H groups in total. The van der Waals surface area contributed by atoms with Gasteiger partial charge in [0.25, 0.3) is 0 Å². The molecule has 2 aromatic carbocycles. The van der Waals surface area contributed by atoms with E-state index in [9.17, 15) is 12.8 Å². The van der Waals surface area contributed by atoms with Crippen molar-refractivity contribution in [1.82, 2.24) is 4.90 Å². The molecule has 3 nitrogen and oxygen atoms in total. The minimum Gasteiger partial charge on any atom is -0.302 e. The van der Waals surface area contributed by atoms with Gasteiger partial charge in [-0.3, -0.25) is 4.39 Å². The SMILES string of the molecule is CC(C)c1ccc(CS(=O)(=O)c2ccc([C@@]34C[C@@H]3CN(CCCF)C4)cc2)cc1. The molecule has 0 spiro atoms. The lowest BCUT2D eigenvalue weighted by atomic mass is 9.95. The topological polar surface area (TPSA) is 37.4 Å². The first kappa shape index (κ1) is 20.5. The lowest BCUT2D eigenvalue weighted by molar-refractivity contribution is 0.280. The number of halogens is 1. The van der Waals surface area contributed by atoms with Gasteiger partial charge in [-0.25, -0.2) is 8.42 Å². The van der Waals surface area contributed by atoms with E-state index in [1.165, 1.54) is 11.1 Å². The Hall–Kier alpha value is -1.72. The monoisotopic (exact) mass is 415 g/mol. The van der Waals surface area contributed by atoms with Crippen LogP contribution in [0.1, 0.15) is 49.3 Å². The number of sulfone groups is 1. The smallest absolute Gasteiger partial charge is 0.182 e. The lowest BCUT2D eigenvalue weighted by Gasteiger charge is -2.20. The molecular weight excluding hydrogens is 385 g/mol. The summed E-state index contributed by atoms with van der Waals surface area (Å²) < 4.78 is 38.2. The molecule has 1 heterocycles. The molecule has 0 amide bonds. The third-order valence-electron chi connectivity index (χ3n) is 6.62. The first-order valence-corrected chi connectivity index (χ1v) is 12.2. The number of alkyl halides is 1. The highest BCUT2D eigenvalue weighted by Gasteiger charge is 2.60. The fourth-order valence-corrected chi connectivity index (χ4v) is 6.13. The van der Waals surface area contributed by atoms with Gasteiger partial charge in [-0.2, -0.15) is 0 Å². The first-order chi connectivity index (χ1) is 13.8. The molecule has 0 radical (unpaired) electrons. The van der Waals surface area contributed by atoms with Crippen LogP contribution < -0.4 is 0 Å². The van der Waals surface area contributed by atoms with Gasteiger partial charge < -0.3 is 4.90 Å². The van der Waals surface area contributed by atoms with Crippen LogP contribution in [-0.2, 0) is 21.0 Å². The van der Waals surface area contributed by atoms with Crippen molar-refractivity contribution in [2.24, 2.45) is 5.92 Å². The Morgan fingerprint density at radius 3 is 2.41 bits per heavy atom. The molecule has 0 aromatic heterocycles. The van der Waals surface area contributed by atoms with Crippen molar-refractivity contribution in [3.8, 4) is 0 Å². The summed E-state index contributed by atoms with van der Waals surface area (Å²) in [6, 6.07) is 15.4. The van der Waals surface area contributed by atoms with Crippen LogP contribution in [0.4, 0.5) is 4.39 Å². The second kappa shape index (κ2) is 7.84. The number of benzene rings is 2. The van der Waals surface area contributed by atoms with E-state index in [1.807, 2.05) is 36.4 Å². The second-order valence-electron chi connectivity index (χ2n) is 9.01. The highest BCUT2D eigenvalue weighted by Crippen LogP contribution is 2.59. The summed E-state index contributed by atoms with van der Waals surface area (Å²) in [6.07, 6.45) is 1.76. The van der Waals surface area contributed by atoms with Gasteiger partial charge in [0.2, 0.25) is 0 Å². The third-order valence-corrected chi connectivity index (χ3v) is 8.32. The summed E-state index contributed by atoms with van der Waals surface area (Å²) in [4.78, 5) is 2.73. The zero-order chi connectivity index (χ0) is 20.6. The number of likely N-dealkylation sites (tertiary alicyclic amines) is 1. The zero-order valence-electron chi connectivity index (χ0n) is 17.3. The average molecular weight is 416 g/mol. The quantitative estimate of drug-likeness (QED) is 0.626. The van der Waals surface area contributed by atoms with Crippen LogP contribution in [0.5, 0.6) is 0 Å². The number of nitrogens with zero attached hydrogens (tertiary/aromatic N) is 1. The number of hydrogen-bond acceptors (Lipinski definition) is 3. The predicted molar refractivity (Wildman–Crippen MR) is 115 cm³/mol. The van der Waals surface area contributed by atoms with Crippen molar-refractivity contribution in [2.45, 2.75) is 48.7 Å². The standard InChI is InChI=1S/C24H30FNO2S/c1-18(2)20-6-4-19(5-7-20)16-29(27,28)23-10-8-21(9-11-23)24-14-22(24)15-26(17-24)13-3-12-25/h4-11,18,22H,3,12-17H2,1-2H3/t22-,24+/m1/s1. The molecule has 1 aliphatic heterocycles. The largest absolute Gasteiger partial charge is 0.302 e. The van der Waals surface area contributed by atoms with E-state index >= 15 is 0 Å². The molecule has 4 rings (SSSR count). The average Bonchev–Trinajstić information content (AvgIpc) is 3.28. The maximum Gasteiger partial charge on any atom is 0.182 e. The molecule has 1 aliphatic carbocycles. The molecular formula is C24H30FNO2S. The van der Waals surface area contributed by atoms with E-state index in [0.29, 0.717) is 23.2 Å². The minimum absolute atomic E-state index is 0.0233. The summed E-state index contributed by atoms with van der Waals surface area (Å²) in [5.41, 5.74) is 3.42. The van der Waals surface area contributed by atoms with Gasteiger partial charge in [0.15, 0.2) is 9.84 Å². The molecule has 2 atom stereocenters. The van der Waals surface area contributed by atoms with Crippen molar-refractivity contribution >= 4 is 9.84 Å². The molecule has 2 aliphatic rings. The van der Waals surface area contributed by atoms with Gasteiger partial charge in [0.05, 0.1) is 17.3 Å². The maximum absolute atomic E-state index is 12.9. The Kier molecular flexibility index (Phi) is 5.56. The Bertz CT molecular complexity index is 953. The first-order valence-electron chi connectivity index (χ1n) is 10.5. The number of rotatable bonds is 8. The van der Waals surface area contributed by atoms with Crippen LogP contribution in [0.2, 0.25) is 0 Å². The molecule has 5 heteroatoms. The summed E-state index contributed by atoms with van der Waals surface area (Å²) in [7, 11) is -3.37. The van der Waals surface area contributed by atoms with Crippen LogP contribution >= 0.6 is 0 Å². The van der Waals surface area contributed by atoms with Gasteiger partial charge in [0.1, 0.15) is 0 Å². The highest BCUT2D eigenvalue weighted by molar-refractivity contribution is 7.90. The molecule has 1 saturated heterocycles. The minimum atomic E-state index is -3.37. The van der Waals surface area contributed by atoms with Gasteiger partial charge in [-0.15, -0.1) is 0 Å². The summed E-state index contributed by atoms with van der Waals surface area (Å²) in [6.45, 7) is 6.81. The van der Waals surface area contributed by atoms with Gasteiger partial charge in [0, 0.05) is 25.0 Å². The molecule has 29 heavy (non-hydrogen) atoms. The normalized spacial score (nSPS) is 24.1. The Morgan fingerprint density at radius 1 is 1.10 bits per heavy atom. The van der Waals surface area contributed by atoms with Gasteiger partial charge >= 0.3 is 0 Å². The van der Waals surface area contributed by atoms with Crippen molar-refractivity contribution in [1.29, 1.82) is 0 Å². The summed E-state index contributed by atoms with van der Waals surface area (Å²) >= 11 is 0. The van der Waals surface area contributed by atoms with Crippen LogP contribution in [0.15, 0.2) is 53.4 Å². The summed E-state index contributed by atoms with van der Waals surface area (Å²) in [5.74, 6) is 1.08. The molecule has 0 bridgehead atoms. The van der Waals surface area contributed by atoms with Gasteiger partial charge in [-0.05, 0) is 53.5 Å². The molecule has 1 saturated carbocycles. The van der Waals surface area contributed by atoms with Crippen molar-refractivity contribution in [2.75, 3.05) is 26.3 Å². The zero-order valence-corrected chi connectivity index (χ0v) is 18.1. The van der Waals surface area contributed by atoms with Crippen molar-refractivity contribution in [3.05, 3.63) is 65.2 Å². The second-order valence-corrected chi connectivity index (χ2v) is 11.0. The van der Waals surface area contributed by atoms with Crippen molar-refractivity contribution < 1.29 is 12.8 Å². The molecule has 156 valence electrons. The molecule has 2 fully saturated rings. The summed E-state index contributed by atoms with van der Waals surface area (Å²) in [5, 5.41) is 0. The lowest BCUT2D eigenvalue weighted by Crippen LogP contribution is -2.27.